The van der Waals surface area contributed by atoms with E-state index in [-0.39, 0.29) is 18.4 Å². The molecule has 0 radical (unpaired) electrons. The van der Waals surface area contributed by atoms with Gasteiger partial charge in [0.15, 0.2) is 0 Å². The van der Waals surface area contributed by atoms with E-state index < -0.39 is 12.5 Å². The Labute approximate surface area is 172 Å². The summed E-state index contributed by atoms with van der Waals surface area (Å²) in [4.78, 5) is 11.9. The molecule has 1 aliphatic heterocycles. The third-order valence-electron chi connectivity index (χ3n) is 4.38. The van der Waals surface area contributed by atoms with Crippen molar-refractivity contribution in [3.05, 3.63) is 47.0 Å². The molecule has 1 saturated carbocycles. The Bertz CT molecular complexity index is 958. The molecule has 30 heavy (non-hydrogen) atoms. The number of fused-ring (bicyclic) bond motifs is 1. The molecule has 160 valence electrons. The maximum atomic E-state index is 14.6. The van der Waals surface area contributed by atoms with Crippen molar-refractivity contribution in [3.63, 3.8) is 0 Å². The summed E-state index contributed by atoms with van der Waals surface area (Å²) in [5.74, 6) is 6.27. The molecule has 2 aromatic rings. The van der Waals surface area contributed by atoms with Gasteiger partial charge in [-0.3, -0.25) is 4.68 Å². The number of rotatable bonds is 4. The topological polar surface area (TPSA) is 68.2 Å². The summed E-state index contributed by atoms with van der Waals surface area (Å²) >= 11 is 0. The van der Waals surface area contributed by atoms with Gasteiger partial charge < -0.3 is 15.4 Å². The molecule has 2 heterocycles. The number of amides is 2. The summed E-state index contributed by atoms with van der Waals surface area (Å²) in [7, 11) is 1.60. The fourth-order valence-electron chi connectivity index (χ4n) is 2.90. The highest BCUT2D eigenvalue weighted by Gasteiger charge is 2.26. The SMILES string of the molecule is CC(F)F.COCc1ccn(Cc2cc3c(cc2F)C(C#CC2CC2)NC(=O)N3)n1. The highest BCUT2D eigenvalue weighted by atomic mass is 19.3. The largest absolute Gasteiger partial charge is 0.378 e. The number of anilines is 1. The number of aromatic nitrogens is 2. The lowest BCUT2D eigenvalue weighted by Gasteiger charge is -2.24. The number of nitrogens with zero attached hydrogens (tertiary/aromatic N) is 2. The number of urea groups is 1. The van der Waals surface area contributed by atoms with Gasteiger partial charge in [0, 0.05) is 36.0 Å². The second kappa shape index (κ2) is 9.67. The molecule has 1 atom stereocenters. The minimum Gasteiger partial charge on any atom is -0.378 e. The number of hydrogen-bond donors (Lipinski definition) is 2. The fourth-order valence-corrected chi connectivity index (χ4v) is 2.90. The summed E-state index contributed by atoms with van der Waals surface area (Å²) in [6, 6.07) is 4.12. The van der Waals surface area contributed by atoms with E-state index in [1.54, 1.807) is 24.1 Å². The van der Waals surface area contributed by atoms with Gasteiger partial charge >= 0.3 is 6.03 Å². The van der Waals surface area contributed by atoms with E-state index in [0.717, 1.165) is 25.5 Å². The van der Waals surface area contributed by atoms with E-state index in [0.29, 0.717) is 29.3 Å². The van der Waals surface area contributed by atoms with Gasteiger partial charge in [-0.1, -0.05) is 11.8 Å². The van der Waals surface area contributed by atoms with E-state index in [9.17, 15) is 18.0 Å². The zero-order valence-electron chi connectivity index (χ0n) is 16.7. The van der Waals surface area contributed by atoms with Crippen molar-refractivity contribution < 1.29 is 22.7 Å². The van der Waals surface area contributed by atoms with Crippen molar-refractivity contribution in [2.24, 2.45) is 5.92 Å². The molecule has 6 nitrogen and oxygen atoms in total. The highest BCUT2D eigenvalue weighted by molar-refractivity contribution is 5.93. The minimum atomic E-state index is -2.17. The minimum absolute atomic E-state index is 0.268. The van der Waals surface area contributed by atoms with Crippen molar-refractivity contribution in [1.82, 2.24) is 15.1 Å². The third-order valence-corrected chi connectivity index (χ3v) is 4.38. The van der Waals surface area contributed by atoms with E-state index in [1.165, 1.54) is 6.07 Å². The van der Waals surface area contributed by atoms with Crippen LogP contribution in [-0.2, 0) is 17.9 Å². The van der Waals surface area contributed by atoms with E-state index >= 15 is 0 Å². The number of nitrogens with one attached hydrogen (secondary N) is 2. The summed E-state index contributed by atoms with van der Waals surface area (Å²) in [5.41, 5.74) is 2.47. The van der Waals surface area contributed by atoms with E-state index in [2.05, 4.69) is 27.6 Å². The van der Waals surface area contributed by atoms with Gasteiger partial charge in [-0.05, 0) is 38.0 Å². The Hall–Kier alpha value is -2.99. The summed E-state index contributed by atoms with van der Waals surface area (Å²) in [6.45, 7) is 1.51. The Morgan fingerprint density at radius 2 is 2.07 bits per heavy atom. The van der Waals surface area contributed by atoms with Gasteiger partial charge in [-0.15, -0.1) is 0 Å². The van der Waals surface area contributed by atoms with Crippen molar-refractivity contribution in [2.75, 3.05) is 12.4 Å². The molecule has 1 aromatic heterocycles. The van der Waals surface area contributed by atoms with Crippen molar-refractivity contribution >= 4 is 11.7 Å². The van der Waals surface area contributed by atoms with Crippen LogP contribution in [0.25, 0.3) is 0 Å². The Kier molecular flexibility index (Phi) is 7.00. The summed E-state index contributed by atoms with van der Waals surface area (Å²) < 4.78 is 42.0. The van der Waals surface area contributed by atoms with Gasteiger partial charge in [0.1, 0.15) is 11.9 Å². The number of methoxy groups -OCH3 is 1. The zero-order valence-corrected chi connectivity index (χ0v) is 16.7. The number of carbonyl (C=O) groups excluding carboxylic acids is 1. The van der Waals surface area contributed by atoms with Crippen LogP contribution in [0.1, 0.15) is 42.6 Å². The lowest BCUT2D eigenvalue weighted by Crippen LogP contribution is -2.37. The number of ether oxygens (including phenoxy) is 1. The molecule has 4 rings (SSSR count). The van der Waals surface area contributed by atoms with Crippen LogP contribution in [0.2, 0.25) is 0 Å². The molecule has 1 aliphatic carbocycles. The predicted molar refractivity (Wildman–Crippen MR) is 106 cm³/mol. The fraction of sp³-hybridized carbons (Fsp3) is 0.429. The third kappa shape index (κ3) is 6.00. The average molecular weight is 420 g/mol. The smallest absolute Gasteiger partial charge is 0.320 e. The molecule has 1 fully saturated rings. The number of carbonyl (C=O) groups is 1. The normalized spacial score (nSPS) is 17.1. The lowest BCUT2D eigenvalue weighted by atomic mass is 9.99. The molecular weight excluding hydrogens is 397 g/mol. The van der Waals surface area contributed by atoms with Crippen molar-refractivity contribution in [3.8, 4) is 11.8 Å². The number of alkyl halides is 2. The second-order valence-electron chi connectivity index (χ2n) is 7.08. The molecule has 0 spiro atoms. The van der Waals surface area contributed by atoms with Gasteiger partial charge in [-0.2, -0.15) is 5.10 Å². The van der Waals surface area contributed by atoms with Crippen LogP contribution in [0.4, 0.5) is 23.7 Å². The van der Waals surface area contributed by atoms with Crippen LogP contribution in [0.15, 0.2) is 24.4 Å². The Morgan fingerprint density at radius 1 is 1.33 bits per heavy atom. The molecule has 1 unspecified atom stereocenters. The standard InChI is InChI=1S/C19H19FN4O2.C2H4F2/c1-26-11-14-6-7-24(23-14)10-13-8-18-15(9-16(13)20)17(21-19(25)22-18)5-4-12-2-3-12;1-2(3)4/h6-9,12,17H,2-3,10-11H2,1H3,(H2,21,22,25);2H,1H3. The molecular formula is C21H23F3N4O2. The Morgan fingerprint density at radius 3 is 2.73 bits per heavy atom. The first-order chi connectivity index (χ1) is 14.4. The average Bonchev–Trinajstić information content (AvgIpc) is 3.40. The summed E-state index contributed by atoms with van der Waals surface area (Å²) in [5, 5.41) is 9.82. The maximum absolute atomic E-state index is 14.6. The molecule has 1 aromatic carbocycles. The van der Waals surface area contributed by atoms with Crippen LogP contribution in [0.3, 0.4) is 0 Å². The van der Waals surface area contributed by atoms with Crippen LogP contribution < -0.4 is 10.6 Å². The zero-order chi connectivity index (χ0) is 21.7. The first-order valence-corrected chi connectivity index (χ1v) is 9.56. The molecule has 0 saturated heterocycles. The molecule has 2 amide bonds. The second-order valence-corrected chi connectivity index (χ2v) is 7.08. The first kappa shape index (κ1) is 21.7. The monoisotopic (exact) mass is 420 g/mol. The van der Waals surface area contributed by atoms with Gasteiger partial charge in [0.2, 0.25) is 6.43 Å². The number of hydrogen-bond acceptors (Lipinski definition) is 3. The molecule has 2 aliphatic rings. The quantitative estimate of drug-likeness (QED) is 0.733. The van der Waals surface area contributed by atoms with Crippen LogP contribution in [0, 0.1) is 23.6 Å². The van der Waals surface area contributed by atoms with Crippen LogP contribution >= 0.6 is 0 Å². The predicted octanol–water partition coefficient (Wildman–Crippen LogP) is 4.08. The van der Waals surface area contributed by atoms with E-state index in [4.69, 9.17) is 4.74 Å². The van der Waals surface area contributed by atoms with Crippen LogP contribution in [0.5, 0.6) is 0 Å². The Balaban J connectivity index is 0.000000589. The molecule has 2 N–H and O–H groups in total. The van der Waals surface area contributed by atoms with Crippen molar-refractivity contribution in [2.45, 2.75) is 45.4 Å². The van der Waals surface area contributed by atoms with Crippen molar-refractivity contribution in [1.29, 1.82) is 0 Å². The number of benzene rings is 1. The van der Waals surface area contributed by atoms with Gasteiger partial charge in [0.05, 0.1) is 18.8 Å². The van der Waals surface area contributed by atoms with Gasteiger partial charge in [0.25, 0.3) is 0 Å². The highest BCUT2D eigenvalue weighted by Crippen LogP contribution is 2.31. The van der Waals surface area contributed by atoms with Gasteiger partial charge in [-0.25, -0.2) is 18.0 Å². The lowest BCUT2D eigenvalue weighted by molar-refractivity contribution is 0.171. The summed E-state index contributed by atoms with van der Waals surface area (Å²) in [6.07, 6.45) is 1.80. The maximum Gasteiger partial charge on any atom is 0.320 e. The van der Waals surface area contributed by atoms with Crippen LogP contribution in [-0.4, -0.2) is 29.3 Å². The van der Waals surface area contributed by atoms with E-state index in [1.807, 2.05) is 6.07 Å². The molecule has 0 bridgehead atoms. The molecule has 9 heteroatoms. The number of halogens is 3. The first-order valence-electron chi connectivity index (χ1n) is 9.56.